The minimum Gasteiger partial charge on any atom is -0.497 e. The molecule has 0 aromatic heterocycles. The van der Waals surface area contributed by atoms with Gasteiger partial charge in [0.25, 0.3) is 5.91 Å². The Morgan fingerprint density at radius 1 is 1.16 bits per heavy atom. The first kappa shape index (κ1) is 23.4. The van der Waals surface area contributed by atoms with E-state index in [1.54, 1.807) is 31.4 Å². The lowest BCUT2D eigenvalue weighted by Gasteiger charge is -2.41. The van der Waals surface area contributed by atoms with Crippen LogP contribution in [0.15, 0.2) is 24.3 Å². The zero-order chi connectivity index (χ0) is 23.3. The maximum atomic E-state index is 13.2. The number of rotatable bonds is 5. The quantitative estimate of drug-likeness (QED) is 0.604. The number of carbonyl (C=O) groups excluding carboxylic acids is 4. The lowest BCUT2D eigenvalue weighted by Crippen LogP contribution is -2.64. The summed E-state index contributed by atoms with van der Waals surface area (Å²) in [6.07, 6.45) is 1.30. The van der Waals surface area contributed by atoms with Gasteiger partial charge in [0.1, 0.15) is 17.8 Å². The average Bonchev–Trinajstić information content (AvgIpc) is 2.79. The summed E-state index contributed by atoms with van der Waals surface area (Å²) in [5.74, 6) is -0.377. The summed E-state index contributed by atoms with van der Waals surface area (Å²) in [6, 6.07) is 4.75. The van der Waals surface area contributed by atoms with Crippen LogP contribution in [0.3, 0.4) is 0 Å². The van der Waals surface area contributed by atoms with Crippen molar-refractivity contribution in [1.29, 1.82) is 0 Å². The molecule has 0 saturated carbocycles. The van der Waals surface area contributed by atoms with Gasteiger partial charge in [0.15, 0.2) is 0 Å². The fourth-order valence-electron chi connectivity index (χ4n) is 3.85. The van der Waals surface area contributed by atoms with Crippen LogP contribution in [-0.4, -0.2) is 85.0 Å². The second-order valence-corrected chi connectivity index (χ2v) is 8.29. The Balaban J connectivity index is 1.79. The third-order valence-electron chi connectivity index (χ3n) is 5.58. The second-order valence-electron chi connectivity index (χ2n) is 8.29. The molecular weight excluding hydrogens is 414 g/mol. The van der Waals surface area contributed by atoms with Crippen LogP contribution in [0.25, 0.3) is 0 Å². The van der Waals surface area contributed by atoms with Crippen LogP contribution in [-0.2, 0) is 9.59 Å². The molecule has 0 aliphatic carbocycles. The molecule has 0 bridgehead atoms. The van der Waals surface area contributed by atoms with Crippen molar-refractivity contribution in [3.63, 3.8) is 0 Å². The fourth-order valence-corrected chi connectivity index (χ4v) is 3.85. The number of nitrogens with zero attached hydrogens (tertiary/aromatic N) is 2. The van der Waals surface area contributed by atoms with E-state index in [1.165, 1.54) is 9.80 Å². The number of ether oxygens (including phenoxy) is 1. The van der Waals surface area contributed by atoms with Gasteiger partial charge in [0.2, 0.25) is 11.8 Å². The largest absolute Gasteiger partial charge is 0.497 e. The van der Waals surface area contributed by atoms with Gasteiger partial charge in [-0.25, -0.2) is 4.79 Å². The molecule has 2 heterocycles. The van der Waals surface area contributed by atoms with Gasteiger partial charge in [-0.2, -0.15) is 0 Å². The first-order valence-corrected chi connectivity index (χ1v) is 10.9. The highest BCUT2D eigenvalue weighted by Gasteiger charge is 2.39. The van der Waals surface area contributed by atoms with E-state index in [0.29, 0.717) is 30.8 Å². The zero-order valence-corrected chi connectivity index (χ0v) is 18.7. The summed E-state index contributed by atoms with van der Waals surface area (Å²) in [6.45, 7) is 4.83. The predicted octanol–water partition coefficient (Wildman–Crippen LogP) is 0.334. The Hall–Kier alpha value is -3.30. The standard InChI is InChI=1S/C22H31N5O5/c1-14(2)24-22(31)26-11-12-27(21(30)15-6-8-16(32-3)9-7-15)18(13-26)20(29)25-17-5-4-10-23-19(17)28/h6-9,14,17-18H,4-5,10-13H2,1-3H3,(H,23,28)(H,24,31)(H,25,29). The molecule has 1 aromatic carbocycles. The normalized spacial score (nSPS) is 21.1. The lowest BCUT2D eigenvalue weighted by atomic mass is 10.0. The van der Waals surface area contributed by atoms with Gasteiger partial charge >= 0.3 is 6.03 Å². The number of benzene rings is 1. The molecule has 2 saturated heterocycles. The summed E-state index contributed by atoms with van der Waals surface area (Å²) in [5.41, 5.74) is 0.416. The molecule has 5 amide bonds. The summed E-state index contributed by atoms with van der Waals surface area (Å²) in [4.78, 5) is 54.1. The van der Waals surface area contributed by atoms with E-state index in [1.807, 2.05) is 13.8 Å². The number of urea groups is 1. The monoisotopic (exact) mass is 445 g/mol. The van der Waals surface area contributed by atoms with E-state index in [0.717, 1.165) is 6.42 Å². The van der Waals surface area contributed by atoms with Crippen LogP contribution in [0, 0.1) is 0 Å². The molecule has 2 unspecified atom stereocenters. The summed E-state index contributed by atoms with van der Waals surface area (Å²) >= 11 is 0. The molecule has 2 fully saturated rings. The smallest absolute Gasteiger partial charge is 0.317 e. The van der Waals surface area contributed by atoms with Crippen molar-refractivity contribution in [2.45, 2.75) is 44.8 Å². The van der Waals surface area contributed by atoms with Crippen LogP contribution in [0.2, 0.25) is 0 Å². The van der Waals surface area contributed by atoms with Crippen molar-refractivity contribution in [3.8, 4) is 5.75 Å². The molecule has 2 aliphatic rings. The maximum Gasteiger partial charge on any atom is 0.317 e. The lowest BCUT2D eigenvalue weighted by molar-refractivity contribution is -0.133. The molecule has 32 heavy (non-hydrogen) atoms. The molecule has 10 nitrogen and oxygen atoms in total. The van der Waals surface area contributed by atoms with Gasteiger partial charge in [-0.3, -0.25) is 14.4 Å². The number of piperidine rings is 1. The highest BCUT2D eigenvalue weighted by atomic mass is 16.5. The molecule has 0 spiro atoms. The number of carbonyl (C=O) groups is 4. The first-order chi connectivity index (χ1) is 15.3. The van der Waals surface area contributed by atoms with Crippen LogP contribution in [0.4, 0.5) is 4.79 Å². The van der Waals surface area contributed by atoms with E-state index < -0.39 is 18.0 Å². The zero-order valence-electron chi connectivity index (χ0n) is 18.7. The Labute approximate surface area is 187 Å². The molecular formula is C22H31N5O5. The predicted molar refractivity (Wildman–Crippen MR) is 117 cm³/mol. The molecule has 10 heteroatoms. The Kier molecular flexibility index (Phi) is 7.55. The third-order valence-corrected chi connectivity index (χ3v) is 5.58. The van der Waals surface area contributed by atoms with Gasteiger partial charge in [-0.05, 0) is 51.0 Å². The van der Waals surface area contributed by atoms with Gasteiger partial charge in [0, 0.05) is 31.2 Å². The van der Waals surface area contributed by atoms with Crippen molar-refractivity contribution < 1.29 is 23.9 Å². The Morgan fingerprint density at radius 2 is 1.88 bits per heavy atom. The number of piperazine rings is 1. The number of hydrogen-bond acceptors (Lipinski definition) is 5. The van der Waals surface area contributed by atoms with E-state index >= 15 is 0 Å². The molecule has 3 rings (SSSR count). The molecule has 3 N–H and O–H groups in total. The van der Waals surface area contributed by atoms with Crippen molar-refractivity contribution in [1.82, 2.24) is 25.8 Å². The van der Waals surface area contributed by atoms with Crippen molar-refractivity contribution in [3.05, 3.63) is 29.8 Å². The summed E-state index contributed by atoms with van der Waals surface area (Å²) in [5, 5.41) is 8.33. The van der Waals surface area contributed by atoms with E-state index in [4.69, 9.17) is 4.74 Å². The van der Waals surface area contributed by atoms with Crippen LogP contribution < -0.4 is 20.7 Å². The van der Waals surface area contributed by atoms with Gasteiger partial charge in [0.05, 0.1) is 13.7 Å². The van der Waals surface area contributed by atoms with Crippen LogP contribution >= 0.6 is 0 Å². The highest BCUT2D eigenvalue weighted by molar-refractivity contribution is 5.99. The van der Waals surface area contributed by atoms with Gasteiger partial charge in [-0.15, -0.1) is 0 Å². The fraction of sp³-hybridized carbons (Fsp3) is 0.545. The first-order valence-electron chi connectivity index (χ1n) is 10.9. The van der Waals surface area contributed by atoms with Crippen LogP contribution in [0.1, 0.15) is 37.0 Å². The van der Waals surface area contributed by atoms with Gasteiger partial charge < -0.3 is 30.5 Å². The SMILES string of the molecule is COc1ccc(C(=O)N2CCN(C(=O)NC(C)C)CC2C(=O)NC2CCCNC2=O)cc1. The van der Waals surface area contributed by atoms with Crippen LogP contribution in [0.5, 0.6) is 5.75 Å². The minimum atomic E-state index is -0.911. The van der Waals surface area contributed by atoms with Crippen molar-refractivity contribution in [2.24, 2.45) is 0 Å². The van der Waals surface area contributed by atoms with Crippen molar-refractivity contribution in [2.75, 3.05) is 33.3 Å². The van der Waals surface area contributed by atoms with E-state index in [2.05, 4.69) is 16.0 Å². The number of amides is 5. The number of nitrogens with one attached hydrogen (secondary N) is 3. The average molecular weight is 446 g/mol. The topological polar surface area (TPSA) is 120 Å². The molecule has 1 aromatic rings. The molecule has 0 radical (unpaired) electrons. The Morgan fingerprint density at radius 3 is 2.50 bits per heavy atom. The van der Waals surface area contributed by atoms with Crippen molar-refractivity contribution >= 4 is 23.8 Å². The Bertz CT molecular complexity index is 857. The highest BCUT2D eigenvalue weighted by Crippen LogP contribution is 2.18. The second kappa shape index (κ2) is 10.3. The minimum absolute atomic E-state index is 0.0423. The maximum absolute atomic E-state index is 13.2. The number of hydrogen-bond donors (Lipinski definition) is 3. The molecule has 174 valence electrons. The molecule has 2 aliphatic heterocycles. The van der Waals surface area contributed by atoms with E-state index in [9.17, 15) is 19.2 Å². The summed E-state index contributed by atoms with van der Waals surface area (Å²) in [7, 11) is 1.54. The van der Waals surface area contributed by atoms with E-state index in [-0.39, 0.29) is 37.0 Å². The number of methoxy groups -OCH3 is 1. The molecule has 2 atom stereocenters. The summed E-state index contributed by atoms with van der Waals surface area (Å²) < 4.78 is 5.14. The van der Waals surface area contributed by atoms with Gasteiger partial charge in [-0.1, -0.05) is 0 Å². The third kappa shape index (κ3) is 5.49.